The number of aliphatic carboxylic acids is 1. The highest BCUT2D eigenvalue weighted by Crippen LogP contribution is 2.35. The minimum atomic E-state index is -0.976. The molecule has 0 bridgehead atoms. The highest BCUT2D eigenvalue weighted by Gasteiger charge is 2.29. The summed E-state index contributed by atoms with van der Waals surface area (Å²) in [4.78, 5) is 26.2. The summed E-state index contributed by atoms with van der Waals surface area (Å²) in [7, 11) is 0. The zero-order valence-corrected chi connectivity index (χ0v) is 15.9. The summed E-state index contributed by atoms with van der Waals surface area (Å²) < 4.78 is 5.42. The number of fused-ring (bicyclic) bond motifs is 2. The molecule has 2 unspecified atom stereocenters. The Bertz CT molecular complexity index is 836. The van der Waals surface area contributed by atoms with Crippen molar-refractivity contribution in [1.82, 2.24) is 5.32 Å². The fourth-order valence-corrected chi connectivity index (χ4v) is 5.15. The molecule has 0 spiro atoms. The van der Waals surface area contributed by atoms with E-state index in [1.54, 1.807) is 0 Å². The second-order valence-corrected chi connectivity index (χ2v) is 8.39. The van der Waals surface area contributed by atoms with Gasteiger partial charge in [0.05, 0.1) is 18.1 Å². The summed E-state index contributed by atoms with van der Waals surface area (Å²) >= 11 is 1.45. The Hall–Kier alpha value is -2.18. The number of ether oxygens (including phenoxy) is 1. The Balaban J connectivity index is 1.48. The van der Waals surface area contributed by atoms with Gasteiger partial charge in [-0.05, 0) is 54.4 Å². The zero-order chi connectivity index (χ0) is 18.8. The topological polar surface area (TPSA) is 75.6 Å². The van der Waals surface area contributed by atoms with E-state index < -0.39 is 12.0 Å². The largest absolute Gasteiger partial charge is 0.480 e. The van der Waals surface area contributed by atoms with Gasteiger partial charge in [0, 0.05) is 11.3 Å². The SMILES string of the molecule is O=C(NC(CC1CCCc2ccccc21)C(=O)O)c1cc2c(s1)CCOC2. The normalized spacial score (nSPS) is 19.6. The molecule has 0 saturated carbocycles. The van der Waals surface area contributed by atoms with Gasteiger partial charge in [-0.25, -0.2) is 4.79 Å². The van der Waals surface area contributed by atoms with Crippen LogP contribution in [0.25, 0.3) is 0 Å². The number of carbonyl (C=O) groups is 2. The number of hydrogen-bond donors (Lipinski definition) is 2. The van der Waals surface area contributed by atoms with E-state index in [1.807, 2.05) is 18.2 Å². The lowest BCUT2D eigenvalue weighted by Crippen LogP contribution is -2.41. The average Bonchev–Trinajstić information content (AvgIpc) is 3.12. The number of hydrogen-bond acceptors (Lipinski definition) is 4. The van der Waals surface area contributed by atoms with Crippen LogP contribution in [0.3, 0.4) is 0 Å². The van der Waals surface area contributed by atoms with Gasteiger partial charge in [-0.15, -0.1) is 11.3 Å². The lowest BCUT2D eigenvalue weighted by Gasteiger charge is -2.28. The van der Waals surface area contributed by atoms with Gasteiger partial charge in [-0.1, -0.05) is 24.3 Å². The highest BCUT2D eigenvalue weighted by molar-refractivity contribution is 7.14. The lowest BCUT2D eigenvalue weighted by molar-refractivity contribution is -0.139. The van der Waals surface area contributed by atoms with Crippen molar-refractivity contribution in [1.29, 1.82) is 0 Å². The maximum absolute atomic E-state index is 12.7. The first-order chi connectivity index (χ1) is 13.1. The van der Waals surface area contributed by atoms with E-state index >= 15 is 0 Å². The van der Waals surface area contributed by atoms with E-state index in [9.17, 15) is 14.7 Å². The molecule has 0 saturated heterocycles. The third-order valence-electron chi connectivity index (χ3n) is 5.47. The van der Waals surface area contributed by atoms with Gasteiger partial charge >= 0.3 is 5.97 Å². The molecule has 2 N–H and O–H groups in total. The molecule has 2 aromatic rings. The van der Waals surface area contributed by atoms with Crippen LogP contribution in [0.15, 0.2) is 30.3 Å². The number of nitrogens with one attached hydrogen (secondary N) is 1. The summed E-state index contributed by atoms with van der Waals surface area (Å²) in [6.07, 6.45) is 4.29. The summed E-state index contributed by atoms with van der Waals surface area (Å²) in [6, 6.07) is 9.19. The monoisotopic (exact) mass is 385 g/mol. The molecule has 0 fully saturated rings. The first-order valence-electron chi connectivity index (χ1n) is 9.42. The fourth-order valence-electron chi connectivity index (χ4n) is 4.09. The van der Waals surface area contributed by atoms with E-state index in [4.69, 9.17) is 4.74 Å². The van der Waals surface area contributed by atoms with Gasteiger partial charge in [0.15, 0.2) is 0 Å². The molecule has 4 rings (SSSR count). The van der Waals surface area contributed by atoms with Gasteiger partial charge in [0.1, 0.15) is 6.04 Å². The highest BCUT2D eigenvalue weighted by atomic mass is 32.1. The quantitative estimate of drug-likeness (QED) is 0.826. The Labute approximate surface area is 162 Å². The maximum atomic E-state index is 12.7. The van der Waals surface area contributed by atoms with Crippen LogP contribution in [0.1, 0.15) is 56.4 Å². The predicted molar refractivity (Wildman–Crippen MR) is 103 cm³/mol. The molecule has 0 radical (unpaired) electrons. The minimum Gasteiger partial charge on any atom is -0.480 e. The van der Waals surface area contributed by atoms with E-state index in [-0.39, 0.29) is 11.8 Å². The predicted octanol–water partition coefficient (Wildman–Crippen LogP) is 3.51. The van der Waals surface area contributed by atoms with Crippen LogP contribution in [0.4, 0.5) is 0 Å². The van der Waals surface area contributed by atoms with Crippen LogP contribution in [0, 0.1) is 0 Å². The molecule has 2 atom stereocenters. The van der Waals surface area contributed by atoms with Crippen LogP contribution in [0.5, 0.6) is 0 Å². The molecule has 142 valence electrons. The molecule has 1 aromatic carbocycles. The van der Waals surface area contributed by atoms with Crippen LogP contribution in [0.2, 0.25) is 0 Å². The van der Waals surface area contributed by atoms with Crippen molar-refractivity contribution in [2.24, 2.45) is 0 Å². The fraction of sp³-hybridized carbons (Fsp3) is 0.429. The zero-order valence-electron chi connectivity index (χ0n) is 15.1. The standard InChI is InChI=1S/C21H23NO4S/c23-20(19-11-15-12-26-9-8-18(15)27-19)22-17(21(24)25)10-14-6-3-5-13-4-1-2-7-16(13)14/h1-2,4,7,11,14,17H,3,5-6,8-10,12H2,(H,22,23)(H,24,25). The molecule has 1 amide bonds. The molecule has 5 nitrogen and oxygen atoms in total. The Morgan fingerprint density at radius 3 is 2.93 bits per heavy atom. The third kappa shape index (κ3) is 3.92. The van der Waals surface area contributed by atoms with Crippen molar-refractivity contribution in [3.63, 3.8) is 0 Å². The van der Waals surface area contributed by atoms with E-state index in [0.29, 0.717) is 24.5 Å². The number of rotatable bonds is 5. The molecule has 2 aliphatic rings. The van der Waals surface area contributed by atoms with Crippen molar-refractivity contribution < 1.29 is 19.4 Å². The van der Waals surface area contributed by atoms with Crippen molar-refractivity contribution >= 4 is 23.2 Å². The van der Waals surface area contributed by atoms with Crippen molar-refractivity contribution in [2.75, 3.05) is 6.61 Å². The van der Waals surface area contributed by atoms with Crippen molar-refractivity contribution in [3.05, 3.63) is 56.8 Å². The van der Waals surface area contributed by atoms with Crippen LogP contribution >= 0.6 is 11.3 Å². The number of amides is 1. The summed E-state index contributed by atoms with van der Waals surface area (Å²) in [6.45, 7) is 1.20. The molecule has 6 heteroatoms. The Kier molecular flexibility index (Phi) is 5.27. The summed E-state index contributed by atoms with van der Waals surface area (Å²) in [5, 5.41) is 12.4. The Morgan fingerprint density at radius 1 is 1.26 bits per heavy atom. The summed E-state index contributed by atoms with van der Waals surface area (Å²) in [5.41, 5.74) is 3.58. The molecule has 27 heavy (non-hydrogen) atoms. The van der Waals surface area contributed by atoms with Crippen LogP contribution < -0.4 is 5.32 Å². The number of carboxylic acid groups (broad SMARTS) is 1. The molecule has 1 aliphatic heterocycles. The van der Waals surface area contributed by atoms with Gasteiger partial charge in [-0.3, -0.25) is 4.79 Å². The summed E-state index contributed by atoms with van der Waals surface area (Å²) in [5.74, 6) is -1.11. The molecule has 2 heterocycles. The van der Waals surface area contributed by atoms with Gasteiger partial charge in [0.2, 0.25) is 0 Å². The second kappa shape index (κ2) is 7.82. The van der Waals surface area contributed by atoms with E-state index in [2.05, 4.69) is 17.4 Å². The molecule has 1 aliphatic carbocycles. The number of carboxylic acids is 1. The van der Waals surface area contributed by atoms with Gasteiger partial charge in [0.25, 0.3) is 5.91 Å². The first kappa shape index (κ1) is 18.2. The number of carbonyl (C=O) groups excluding carboxylic acids is 1. The van der Waals surface area contributed by atoms with Gasteiger partial charge in [-0.2, -0.15) is 0 Å². The third-order valence-corrected chi connectivity index (χ3v) is 6.70. The van der Waals surface area contributed by atoms with Crippen LogP contribution in [-0.2, 0) is 29.0 Å². The maximum Gasteiger partial charge on any atom is 0.326 e. The lowest BCUT2D eigenvalue weighted by atomic mass is 9.79. The number of thiophene rings is 1. The number of benzene rings is 1. The van der Waals surface area contributed by atoms with Crippen molar-refractivity contribution in [3.8, 4) is 0 Å². The molecular formula is C21H23NO4S. The Morgan fingerprint density at radius 2 is 2.11 bits per heavy atom. The van der Waals surface area contributed by atoms with E-state index in [0.717, 1.165) is 31.2 Å². The first-order valence-corrected chi connectivity index (χ1v) is 10.2. The molecular weight excluding hydrogens is 362 g/mol. The minimum absolute atomic E-state index is 0.168. The second-order valence-electron chi connectivity index (χ2n) is 7.25. The molecule has 1 aromatic heterocycles. The van der Waals surface area contributed by atoms with Crippen LogP contribution in [-0.4, -0.2) is 29.6 Å². The smallest absolute Gasteiger partial charge is 0.326 e. The average molecular weight is 385 g/mol. The van der Waals surface area contributed by atoms with Gasteiger partial charge < -0.3 is 15.2 Å². The van der Waals surface area contributed by atoms with Crippen molar-refractivity contribution in [2.45, 2.75) is 50.7 Å². The van der Waals surface area contributed by atoms with E-state index in [1.165, 1.54) is 27.3 Å². The number of aryl methyl sites for hydroxylation is 1.